The third-order valence-corrected chi connectivity index (χ3v) is 3.31. The molecule has 1 nitrogen and oxygen atoms in total. The van der Waals surface area contributed by atoms with Crippen molar-refractivity contribution in [2.45, 2.75) is 44.6 Å². The highest BCUT2D eigenvalue weighted by Gasteiger charge is 2.27. The average Bonchev–Trinajstić information content (AvgIpc) is 2.86. The van der Waals surface area contributed by atoms with Crippen molar-refractivity contribution in [3.63, 3.8) is 0 Å². The van der Waals surface area contributed by atoms with E-state index in [1.807, 2.05) is 11.8 Å². The molecule has 0 bridgehead atoms. The summed E-state index contributed by atoms with van der Waals surface area (Å²) < 4.78 is 0. The number of unbranched alkanes of at least 4 members (excludes halogenated alkanes) is 2. The van der Waals surface area contributed by atoms with Crippen LogP contribution in [0.3, 0.4) is 0 Å². The minimum Gasteiger partial charge on any atom is -0.327 e. The fraction of sp³-hybridized carbons (Fsp3) is 1.00. The van der Waals surface area contributed by atoms with Crippen molar-refractivity contribution in [3.8, 4) is 0 Å². The van der Waals surface area contributed by atoms with Gasteiger partial charge in [-0.2, -0.15) is 11.8 Å². The largest absolute Gasteiger partial charge is 0.327 e. The molecule has 0 aromatic heterocycles. The highest BCUT2D eigenvalue weighted by Crippen LogP contribution is 2.33. The summed E-state index contributed by atoms with van der Waals surface area (Å²) in [6.45, 7) is 0. The Balaban J connectivity index is 1.81. The summed E-state index contributed by atoms with van der Waals surface area (Å²) >= 11 is 1.95. The standard InChI is InChI=1S/C10H21NS/c1-12-8-4-2-3-5-10(11)9-6-7-9/h9-10H,2-8,11H2,1H3. The van der Waals surface area contributed by atoms with Crippen LogP contribution in [0.4, 0.5) is 0 Å². The molecule has 12 heavy (non-hydrogen) atoms. The molecule has 0 aromatic carbocycles. The van der Waals surface area contributed by atoms with E-state index < -0.39 is 0 Å². The van der Waals surface area contributed by atoms with Gasteiger partial charge in [0.1, 0.15) is 0 Å². The maximum absolute atomic E-state index is 5.99. The number of thioether (sulfide) groups is 1. The molecule has 0 heterocycles. The lowest BCUT2D eigenvalue weighted by Gasteiger charge is -2.08. The quantitative estimate of drug-likeness (QED) is 0.620. The van der Waals surface area contributed by atoms with E-state index in [9.17, 15) is 0 Å². The van der Waals surface area contributed by atoms with Crippen LogP contribution in [0.2, 0.25) is 0 Å². The Kier molecular flexibility index (Phi) is 5.08. The average molecular weight is 187 g/mol. The summed E-state index contributed by atoms with van der Waals surface area (Å²) in [4.78, 5) is 0. The third kappa shape index (κ3) is 4.36. The Bertz CT molecular complexity index is 112. The fourth-order valence-corrected chi connectivity index (χ4v) is 2.06. The molecule has 1 atom stereocenters. The summed E-state index contributed by atoms with van der Waals surface area (Å²) in [5.41, 5.74) is 5.99. The van der Waals surface area contributed by atoms with Crippen LogP contribution in [0.1, 0.15) is 38.5 Å². The normalized spacial score (nSPS) is 19.5. The van der Waals surface area contributed by atoms with Crippen LogP contribution in [0, 0.1) is 5.92 Å². The second-order valence-electron chi connectivity index (χ2n) is 3.84. The van der Waals surface area contributed by atoms with Gasteiger partial charge in [-0.1, -0.05) is 12.8 Å². The summed E-state index contributed by atoms with van der Waals surface area (Å²) in [6.07, 6.45) is 10.3. The Morgan fingerprint density at radius 2 is 2.08 bits per heavy atom. The number of hydrogen-bond donors (Lipinski definition) is 1. The van der Waals surface area contributed by atoms with E-state index in [0.717, 1.165) is 5.92 Å². The predicted octanol–water partition coefficient (Wildman–Crippen LogP) is 2.65. The zero-order valence-corrected chi connectivity index (χ0v) is 8.91. The van der Waals surface area contributed by atoms with Crippen LogP contribution < -0.4 is 5.73 Å². The Labute approximate surface area is 80.5 Å². The van der Waals surface area contributed by atoms with E-state index in [2.05, 4.69) is 6.26 Å². The summed E-state index contributed by atoms with van der Waals surface area (Å²) in [5, 5.41) is 0. The van der Waals surface area contributed by atoms with Gasteiger partial charge in [-0.3, -0.25) is 0 Å². The molecule has 0 aromatic rings. The van der Waals surface area contributed by atoms with Crippen LogP contribution in [-0.2, 0) is 0 Å². The first kappa shape index (κ1) is 10.4. The molecule has 2 heteroatoms. The van der Waals surface area contributed by atoms with Crippen molar-refractivity contribution in [3.05, 3.63) is 0 Å². The van der Waals surface area contributed by atoms with Crippen LogP contribution in [0.15, 0.2) is 0 Å². The highest BCUT2D eigenvalue weighted by atomic mass is 32.2. The fourth-order valence-electron chi connectivity index (χ4n) is 1.56. The molecule has 0 spiro atoms. The Morgan fingerprint density at radius 1 is 1.33 bits per heavy atom. The molecule has 0 saturated heterocycles. The van der Waals surface area contributed by atoms with Crippen molar-refractivity contribution < 1.29 is 0 Å². The lowest BCUT2D eigenvalue weighted by atomic mass is 10.1. The van der Waals surface area contributed by atoms with Gasteiger partial charge in [-0.25, -0.2) is 0 Å². The van der Waals surface area contributed by atoms with Crippen LogP contribution >= 0.6 is 11.8 Å². The maximum Gasteiger partial charge on any atom is 0.00671 e. The number of rotatable bonds is 7. The molecular weight excluding hydrogens is 166 g/mol. The van der Waals surface area contributed by atoms with Crippen molar-refractivity contribution in [1.29, 1.82) is 0 Å². The molecule has 0 radical (unpaired) electrons. The molecule has 1 saturated carbocycles. The van der Waals surface area contributed by atoms with Gasteiger partial charge < -0.3 is 5.73 Å². The lowest BCUT2D eigenvalue weighted by molar-refractivity contribution is 0.514. The van der Waals surface area contributed by atoms with E-state index >= 15 is 0 Å². The van der Waals surface area contributed by atoms with Gasteiger partial charge in [-0.15, -0.1) is 0 Å². The van der Waals surface area contributed by atoms with Gasteiger partial charge in [0, 0.05) is 6.04 Å². The molecule has 1 aliphatic rings. The molecule has 0 amide bonds. The summed E-state index contributed by atoms with van der Waals surface area (Å²) in [7, 11) is 0. The van der Waals surface area contributed by atoms with Gasteiger partial charge in [0.25, 0.3) is 0 Å². The second-order valence-corrected chi connectivity index (χ2v) is 4.83. The Hall–Kier alpha value is 0.310. The lowest BCUT2D eigenvalue weighted by Crippen LogP contribution is -2.21. The predicted molar refractivity (Wildman–Crippen MR) is 57.5 cm³/mol. The third-order valence-electron chi connectivity index (χ3n) is 2.61. The molecule has 0 aliphatic heterocycles. The van der Waals surface area contributed by atoms with Gasteiger partial charge in [0.2, 0.25) is 0 Å². The SMILES string of the molecule is CSCCCCCC(N)C1CC1. The van der Waals surface area contributed by atoms with E-state index in [-0.39, 0.29) is 0 Å². The molecular formula is C10H21NS. The summed E-state index contributed by atoms with van der Waals surface area (Å²) in [5.74, 6) is 2.21. The topological polar surface area (TPSA) is 26.0 Å². The first-order valence-corrected chi connectivity index (χ1v) is 6.48. The van der Waals surface area contributed by atoms with Crippen LogP contribution in [-0.4, -0.2) is 18.1 Å². The molecule has 1 aliphatic carbocycles. The molecule has 1 unspecified atom stereocenters. The maximum atomic E-state index is 5.99. The minimum atomic E-state index is 0.527. The van der Waals surface area contributed by atoms with Gasteiger partial charge in [-0.05, 0) is 43.6 Å². The van der Waals surface area contributed by atoms with Crippen molar-refractivity contribution in [2.75, 3.05) is 12.0 Å². The van der Waals surface area contributed by atoms with E-state index in [1.54, 1.807) is 0 Å². The molecule has 1 rings (SSSR count). The van der Waals surface area contributed by atoms with E-state index in [1.165, 1.54) is 44.3 Å². The van der Waals surface area contributed by atoms with Crippen LogP contribution in [0.5, 0.6) is 0 Å². The van der Waals surface area contributed by atoms with Crippen LogP contribution in [0.25, 0.3) is 0 Å². The monoisotopic (exact) mass is 187 g/mol. The van der Waals surface area contributed by atoms with E-state index in [0.29, 0.717) is 6.04 Å². The number of hydrogen-bond acceptors (Lipinski definition) is 2. The highest BCUT2D eigenvalue weighted by molar-refractivity contribution is 7.98. The molecule has 2 N–H and O–H groups in total. The van der Waals surface area contributed by atoms with Crippen molar-refractivity contribution >= 4 is 11.8 Å². The van der Waals surface area contributed by atoms with Gasteiger partial charge >= 0.3 is 0 Å². The zero-order valence-electron chi connectivity index (χ0n) is 8.09. The van der Waals surface area contributed by atoms with Gasteiger partial charge in [0.05, 0.1) is 0 Å². The van der Waals surface area contributed by atoms with Gasteiger partial charge in [0.15, 0.2) is 0 Å². The van der Waals surface area contributed by atoms with Crippen molar-refractivity contribution in [2.24, 2.45) is 11.7 Å². The molecule has 1 fully saturated rings. The summed E-state index contributed by atoms with van der Waals surface area (Å²) in [6, 6.07) is 0.527. The first-order chi connectivity index (χ1) is 5.84. The zero-order chi connectivity index (χ0) is 8.81. The molecule has 72 valence electrons. The first-order valence-electron chi connectivity index (χ1n) is 5.09. The minimum absolute atomic E-state index is 0.527. The Morgan fingerprint density at radius 3 is 2.67 bits per heavy atom. The second kappa shape index (κ2) is 5.87. The van der Waals surface area contributed by atoms with E-state index in [4.69, 9.17) is 5.73 Å². The number of nitrogens with two attached hydrogens (primary N) is 1. The smallest absolute Gasteiger partial charge is 0.00671 e. The van der Waals surface area contributed by atoms with Crippen molar-refractivity contribution in [1.82, 2.24) is 0 Å².